The third-order valence-corrected chi connectivity index (χ3v) is 6.04. The van der Waals surface area contributed by atoms with Crippen molar-refractivity contribution in [1.29, 1.82) is 0 Å². The van der Waals surface area contributed by atoms with Crippen LogP contribution in [0, 0.1) is 0 Å². The van der Waals surface area contributed by atoms with Crippen molar-refractivity contribution >= 4 is 39.1 Å². The number of nitrogens with two attached hydrogens (primary N) is 1. The first kappa shape index (κ1) is 16.2. The lowest BCUT2D eigenvalue weighted by Gasteiger charge is -2.15. The predicted octanol–water partition coefficient (Wildman–Crippen LogP) is 3.32. The fraction of sp³-hybridized carbons (Fsp3) is 0.143. The van der Waals surface area contributed by atoms with Gasteiger partial charge in [0.1, 0.15) is 4.90 Å². The number of benzene rings is 2. The second-order valence-electron chi connectivity index (χ2n) is 4.51. The number of sulfonamides is 1. The number of nitrogens with zero attached hydrogens (tertiary/aromatic N) is 1. The fourth-order valence-electron chi connectivity index (χ4n) is 1.66. The van der Waals surface area contributed by atoms with Crippen LogP contribution in [0.15, 0.2) is 57.2 Å². The normalized spacial score (nSPS) is 11.8. The van der Waals surface area contributed by atoms with Gasteiger partial charge in [0.15, 0.2) is 0 Å². The molecule has 0 radical (unpaired) electrons. The number of hydrogen-bond acceptors (Lipinski definition) is 4. The van der Waals surface area contributed by atoms with Gasteiger partial charge in [0.2, 0.25) is 10.0 Å². The van der Waals surface area contributed by atoms with Gasteiger partial charge in [-0.15, -0.1) is 0 Å². The monoisotopic (exact) mass is 342 g/mol. The fourth-order valence-corrected chi connectivity index (χ4v) is 3.78. The molecule has 0 amide bonds. The molecule has 2 aromatic carbocycles. The van der Waals surface area contributed by atoms with Crippen molar-refractivity contribution in [2.45, 2.75) is 14.7 Å². The zero-order valence-corrected chi connectivity index (χ0v) is 14.0. The topological polar surface area (TPSA) is 63.4 Å². The molecule has 2 rings (SSSR count). The quantitative estimate of drug-likeness (QED) is 0.866. The molecular formula is C14H15ClN2O2S2. The van der Waals surface area contributed by atoms with E-state index >= 15 is 0 Å². The van der Waals surface area contributed by atoms with Crippen molar-refractivity contribution in [2.24, 2.45) is 0 Å². The van der Waals surface area contributed by atoms with E-state index in [2.05, 4.69) is 0 Å². The van der Waals surface area contributed by atoms with Crippen molar-refractivity contribution in [3.63, 3.8) is 0 Å². The summed E-state index contributed by atoms with van der Waals surface area (Å²) in [5.74, 6) is 0. The maximum Gasteiger partial charge on any atom is 0.244 e. The van der Waals surface area contributed by atoms with Crippen LogP contribution in [0.4, 0.5) is 5.69 Å². The molecule has 0 bridgehead atoms. The average molecular weight is 343 g/mol. The van der Waals surface area contributed by atoms with Crippen LogP contribution in [-0.2, 0) is 10.0 Å². The molecule has 4 nitrogen and oxygen atoms in total. The number of hydrogen-bond donors (Lipinski definition) is 1. The number of nitrogen functional groups attached to an aromatic ring is 1. The number of anilines is 1. The summed E-state index contributed by atoms with van der Waals surface area (Å²) in [5.41, 5.74) is 6.29. The Morgan fingerprint density at radius 2 is 1.71 bits per heavy atom. The second kappa shape index (κ2) is 6.27. The van der Waals surface area contributed by atoms with E-state index in [1.54, 1.807) is 24.3 Å². The van der Waals surface area contributed by atoms with Crippen LogP contribution >= 0.6 is 23.4 Å². The third-order valence-electron chi connectivity index (χ3n) is 2.83. The van der Waals surface area contributed by atoms with Gasteiger partial charge in [-0.3, -0.25) is 0 Å². The van der Waals surface area contributed by atoms with Gasteiger partial charge in [-0.05, 0) is 36.4 Å². The van der Waals surface area contributed by atoms with Gasteiger partial charge in [-0.2, -0.15) is 0 Å². The van der Waals surface area contributed by atoms with E-state index in [0.29, 0.717) is 9.92 Å². The average Bonchev–Trinajstić information content (AvgIpc) is 2.43. The highest BCUT2D eigenvalue weighted by Crippen LogP contribution is 2.36. The largest absolute Gasteiger partial charge is 0.397 e. The lowest BCUT2D eigenvalue weighted by Crippen LogP contribution is -2.23. The van der Waals surface area contributed by atoms with Crippen LogP contribution in [0.25, 0.3) is 0 Å². The van der Waals surface area contributed by atoms with Crippen molar-refractivity contribution in [1.82, 2.24) is 4.31 Å². The second-order valence-corrected chi connectivity index (χ2v) is 8.18. The van der Waals surface area contributed by atoms with Crippen LogP contribution in [0.2, 0.25) is 5.02 Å². The van der Waals surface area contributed by atoms with Gasteiger partial charge in [-0.1, -0.05) is 29.4 Å². The molecule has 0 aliphatic heterocycles. The Balaban J connectivity index is 2.41. The zero-order valence-electron chi connectivity index (χ0n) is 11.6. The SMILES string of the molecule is CN(C)S(=O)(=O)c1cccc(Sc2ccc(Cl)cc2)c1N. The highest BCUT2D eigenvalue weighted by atomic mass is 35.5. The molecule has 0 heterocycles. The van der Waals surface area contributed by atoms with E-state index in [1.165, 1.54) is 31.9 Å². The molecule has 0 unspecified atom stereocenters. The van der Waals surface area contributed by atoms with Crippen molar-refractivity contribution in [2.75, 3.05) is 19.8 Å². The minimum atomic E-state index is -3.56. The molecule has 0 atom stereocenters. The minimum absolute atomic E-state index is 0.117. The highest BCUT2D eigenvalue weighted by Gasteiger charge is 2.21. The van der Waals surface area contributed by atoms with E-state index < -0.39 is 10.0 Å². The van der Waals surface area contributed by atoms with Gasteiger partial charge in [0.25, 0.3) is 0 Å². The molecule has 0 spiro atoms. The van der Waals surface area contributed by atoms with Crippen molar-refractivity contribution < 1.29 is 8.42 Å². The lowest BCUT2D eigenvalue weighted by atomic mass is 10.3. The third kappa shape index (κ3) is 3.52. The summed E-state index contributed by atoms with van der Waals surface area (Å²) in [6.45, 7) is 0. The molecule has 2 N–H and O–H groups in total. The van der Waals surface area contributed by atoms with Gasteiger partial charge in [0, 0.05) is 28.9 Å². The van der Waals surface area contributed by atoms with Gasteiger partial charge in [-0.25, -0.2) is 12.7 Å². The standard InChI is InChI=1S/C14H15ClN2O2S2/c1-17(2)21(18,19)13-5-3-4-12(14(13)16)20-11-8-6-10(15)7-9-11/h3-9H,16H2,1-2H3. The summed E-state index contributed by atoms with van der Waals surface area (Å²) >= 11 is 7.25. The van der Waals surface area contributed by atoms with Gasteiger partial charge in [0.05, 0.1) is 5.69 Å². The van der Waals surface area contributed by atoms with Gasteiger partial charge >= 0.3 is 0 Å². The molecule has 0 fully saturated rings. The summed E-state index contributed by atoms with van der Waals surface area (Å²) in [4.78, 5) is 1.75. The molecule has 21 heavy (non-hydrogen) atoms. The van der Waals surface area contributed by atoms with Gasteiger partial charge < -0.3 is 5.73 Å². The predicted molar refractivity (Wildman–Crippen MR) is 87.3 cm³/mol. The number of rotatable bonds is 4. The van der Waals surface area contributed by atoms with E-state index in [9.17, 15) is 8.42 Å². The summed E-state index contributed by atoms with van der Waals surface area (Å²) < 4.78 is 25.6. The maximum absolute atomic E-state index is 12.2. The van der Waals surface area contributed by atoms with Crippen LogP contribution < -0.4 is 5.73 Å². The van der Waals surface area contributed by atoms with E-state index in [1.807, 2.05) is 12.1 Å². The zero-order chi connectivity index (χ0) is 15.6. The first-order valence-electron chi connectivity index (χ1n) is 6.07. The van der Waals surface area contributed by atoms with E-state index in [4.69, 9.17) is 17.3 Å². The Hall–Kier alpha value is -1.21. The Labute approximate surface area is 134 Å². The van der Waals surface area contributed by atoms with Crippen molar-refractivity contribution in [3.8, 4) is 0 Å². The van der Waals surface area contributed by atoms with E-state index in [0.717, 1.165) is 9.20 Å². The summed E-state index contributed by atoms with van der Waals surface area (Å²) in [6, 6.07) is 12.3. The van der Waals surface area contributed by atoms with Crippen LogP contribution in [0.1, 0.15) is 0 Å². The Bertz CT molecular complexity index is 744. The highest BCUT2D eigenvalue weighted by molar-refractivity contribution is 7.99. The molecule has 0 aliphatic carbocycles. The smallest absolute Gasteiger partial charge is 0.244 e. The first-order chi connectivity index (χ1) is 9.82. The Morgan fingerprint density at radius 1 is 1.10 bits per heavy atom. The van der Waals surface area contributed by atoms with E-state index in [-0.39, 0.29) is 10.6 Å². The van der Waals surface area contributed by atoms with Crippen LogP contribution in [0.5, 0.6) is 0 Å². The summed E-state index contributed by atoms with van der Waals surface area (Å²) in [5, 5.41) is 0.649. The molecule has 7 heteroatoms. The molecule has 0 aromatic heterocycles. The molecule has 0 saturated carbocycles. The number of para-hydroxylation sites is 1. The Morgan fingerprint density at radius 3 is 2.29 bits per heavy atom. The number of halogens is 1. The molecule has 112 valence electrons. The maximum atomic E-state index is 12.2. The summed E-state index contributed by atoms with van der Waals surface area (Å²) in [7, 11) is -0.595. The lowest BCUT2D eigenvalue weighted by molar-refractivity contribution is 0.521. The molecule has 0 saturated heterocycles. The molecule has 2 aromatic rings. The summed E-state index contributed by atoms with van der Waals surface area (Å²) in [6.07, 6.45) is 0. The van der Waals surface area contributed by atoms with Crippen LogP contribution in [0.3, 0.4) is 0 Å². The molecule has 0 aliphatic rings. The minimum Gasteiger partial charge on any atom is -0.397 e. The van der Waals surface area contributed by atoms with Crippen LogP contribution in [-0.4, -0.2) is 26.8 Å². The first-order valence-corrected chi connectivity index (χ1v) is 8.70. The Kier molecular flexibility index (Phi) is 4.83. The van der Waals surface area contributed by atoms with Crippen molar-refractivity contribution in [3.05, 3.63) is 47.5 Å². The molecular weight excluding hydrogens is 328 g/mol.